The zero-order valence-corrected chi connectivity index (χ0v) is 13.1. The molecule has 0 saturated carbocycles. The van der Waals surface area contributed by atoms with Crippen molar-refractivity contribution in [1.29, 1.82) is 0 Å². The van der Waals surface area contributed by atoms with Crippen molar-refractivity contribution >= 4 is 16.7 Å². The number of rotatable bonds is 6. The summed E-state index contributed by atoms with van der Waals surface area (Å²) < 4.78 is 9.77. The van der Waals surface area contributed by atoms with Crippen LogP contribution in [0.25, 0.3) is 0 Å². The molecule has 2 N–H and O–H groups in total. The largest absolute Gasteiger partial charge is 0.463 e. The van der Waals surface area contributed by atoms with Crippen molar-refractivity contribution in [2.75, 3.05) is 11.9 Å². The van der Waals surface area contributed by atoms with Gasteiger partial charge in [-0.2, -0.15) is 4.37 Å². The highest BCUT2D eigenvalue weighted by molar-refractivity contribution is 7.09. The summed E-state index contributed by atoms with van der Waals surface area (Å²) >= 11 is 1.32. The van der Waals surface area contributed by atoms with E-state index in [1.54, 1.807) is 13.0 Å². The van der Waals surface area contributed by atoms with Gasteiger partial charge < -0.3 is 14.8 Å². The highest BCUT2D eigenvalue weighted by Gasteiger charge is 2.27. The quantitative estimate of drug-likeness (QED) is 0.857. The molecule has 0 aliphatic heterocycles. The predicted molar refractivity (Wildman–Crippen MR) is 80.0 cm³/mol. The minimum absolute atomic E-state index is 0.330. The molecule has 2 aromatic rings. The van der Waals surface area contributed by atoms with Crippen molar-refractivity contribution in [3.63, 3.8) is 0 Å². The van der Waals surface area contributed by atoms with E-state index < -0.39 is 5.60 Å². The van der Waals surface area contributed by atoms with Crippen molar-refractivity contribution in [1.82, 2.24) is 9.36 Å². The summed E-state index contributed by atoms with van der Waals surface area (Å²) in [5, 5.41) is 14.3. The van der Waals surface area contributed by atoms with Gasteiger partial charge >= 0.3 is 0 Å². The third-order valence-electron chi connectivity index (χ3n) is 2.91. The van der Waals surface area contributed by atoms with Crippen LogP contribution in [0.15, 0.2) is 16.5 Å². The van der Waals surface area contributed by atoms with Gasteiger partial charge in [-0.05, 0) is 31.9 Å². The van der Waals surface area contributed by atoms with Crippen LogP contribution in [-0.4, -0.2) is 21.0 Å². The fraction of sp³-hybridized carbons (Fsp3) is 0.571. The third kappa shape index (κ3) is 3.80. The fourth-order valence-electron chi connectivity index (χ4n) is 1.83. The molecule has 2 rings (SSSR count). The second-order valence-corrected chi connectivity index (χ2v) is 6.40. The van der Waals surface area contributed by atoms with Gasteiger partial charge in [0.2, 0.25) is 5.13 Å². The van der Waals surface area contributed by atoms with Crippen LogP contribution in [0.1, 0.15) is 38.1 Å². The fourth-order valence-corrected chi connectivity index (χ4v) is 2.42. The minimum atomic E-state index is -1.07. The number of aryl methyl sites for hydroxylation is 1. The smallest absolute Gasteiger partial charge is 0.202 e. The number of aliphatic hydroxyl groups is 1. The lowest BCUT2D eigenvalue weighted by Gasteiger charge is -2.20. The lowest BCUT2D eigenvalue weighted by Crippen LogP contribution is -2.30. The minimum Gasteiger partial charge on any atom is -0.463 e. The Balaban J connectivity index is 1.95. The number of aromatic nitrogens is 2. The van der Waals surface area contributed by atoms with E-state index in [9.17, 15) is 5.11 Å². The molecule has 5 nitrogen and oxygen atoms in total. The Morgan fingerprint density at radius 3 is 2.80 bits per heavy atom. The summed E-state index contributed by atoms with van der Waals surface area (Å²) in [5.74, 6) is 2.72. The van der Waals surface area contributed by atoms with Crippen LogP contribution in [0.3, 0.4) is 0 Å². The molecule has 0 aliphatic carbocycles. The molecule has 0 fully saturated rings. The first-order valence-corrected chi connectivity index (χ1v) is 7.50. The molecule has 0 bridgehead atoms. The third-order valence-corrected chi connectivity index (χ3v) is 3.62. The van der Waals surface area contributed by atoms with Gasteiger partial charge in [0, 0.05) is 18.0 Å². The normalized spacial score (nSPS) is 14.5. The zero-order valence-electron chi connectivity index (χ0n) is 12.3. The second-order valence-electron chi connectivity index (χ2n) is 5.65. The molecule has 0 spiro atoms. The van der Waals surface area contributed by atoms with E-state index in [4.69, 9.17) is 4.42 Å². The number of nitrogens with one attached hydrogen (secondary N) is 1. The summed E-state index contributed by atoms with van der Waals surface area (Å²) in [5.41, 5.74) is -1.07. The topological polar surface area (TPSA) is 71.2 Å². The van der Waals surface area contributed by atoms with Gasteiger partial charge in [-0.15, -0.1) is 0 Å². The number of nitrogens with zero attached hydrogens (tertiary/aromatic N) is 2. The Morgan fingerprint density at radius 2 is 2.20 bits per heavy atom. The van der Waals surface area contributed by atoms with Crippen molar-refractivity contribution in [2.45, 2.75) is 39.7 Å². The second kappa shape index (κ2) is 5.93. The van der Waals surface area contributed by atoms with E-state index in [1.165, 1.54) is 11.5 Å². The molecule has 0 radical (unpaired) electrons. The van der Waals surface area contributed by atoms with Crippen molar-refractivity contribution < 1.29 is 9.52 Å². The van der Waals surface area contributed by atoms with Gasteiger partial charge in [0.15, 0.2) is 0 Å². The zero-order chi connectivity index (χ0) is 14.8. The SMILES string of the molecule is Cc1ccc(C(C)(O)CNc2nc(CC(C)C)ns2)o1. The van der Waals surface area contributed by atoms with E-state index >= 15 is 0 Å². The van der Waals surface area contributed by atoms with Gasteiger partial charge in [0.1, 0.15) is 22.9 Å². The molecular weight excluding hydrogens is 274 g/mol. The number of furan rings is 1. The van der Waals surface area contributed by atoms with E-state index in [2.05, 4.69) is 28.5 Å². The Bertz CT molecular complexity index is 560. The molecular formula is C14H21N3O2S. The van der Waals surface area contributed by atoms with Crippen LogP contribution in [0.4, 0.5) is 5.13 Å². The highest BCUT2D eigenvalue weighted by atomic mass is 32.1. The monoisotopic (exact) mass is 295 g/mol. The predicted octanol–water partition coefficient (Wildman–Crippen LogP) is 2.96. The first-order valence-electron chi connectivity index (χ1n) is 6.72. The van der Waals surface area contributed by atoms with Crippen LogP contribution < -0.4 is 5.32 Å². The Morgan fingerprint density at radius 1 is 1.45 bits per heavy atom. The maximum atomic E-state index is 10.4. The summed E-state index contributed by atoms with van der Waals surface area (Å²) in [6.07, 6.45) is 0.867. The molecule has 0 aliphatic rings. The van der Waals surface area contributed by atoms with Crippen LogP contribution in [0.2, 0.25) is 0 Å². The Labute approximate surface area is 123 Å². The molecule has 1 unspecified atom stereocenters. The lowest BCUT2D eigenvalue weighted by molar-refractivity contribution is 0.0468. The molecule has 0 amide bonds. The van der Waals surface area contributed by atoms with Gasteiger partial charge in [0.05, 0.1) is 6.54 Å². The average Bonchev–Trinajstić information content (AvgIpc) is 2.95. The molecule has 0 aromatic carbocycles. The highest BCUT2D eigenvalue weighted by Crippen LogP contribution is 2.24. The average molecular weight is 295 g/mol. The van der Waals surface area contributed by atoms with Gasteiger partial charge in [-0.25, -0.2) is 4.98 Å². The van der Waals surface area contributed by atoms with Crippen LogP contribution in [0.5, 0.6) is 0 Å². The molecule has 6 heteroatoms. The summed E-state index contributed by atoms with van der Waals surface area (Å²) in [6, 6.07) is 3.64. The first kappa shape index (κ1) is 15.0. The van der Waals surface area contributed by atoms with Crippen LogP contribution in [-0.2, 0) is 12.0 Å². The number of anilines is 1. The van der Waals surface area contributed by atoms with Crippen molar-refractivity contribution in [3.05, 3.63) is 29.5 Å². The van der Waals surface area contributed by atoms with E-state index in [0.717, 1.165) is 23.1 Å². The molecule has 0 saturated heterocycles. The maximum Gasteiger partial charge on any atom is 0.202 e. The number of hydrogen-bond donors (Lipinski definition) is 2. The van der Waals surface area contributed by atoms with Crippen LogP contribution >= 0.6 is 11.5 Å². The summed E-state index contributed by atoms with van der Waals surface area (Å²) in [7, 11) is 0. The first-order chi connectivity index (χ1) is 9.37. The molecule has 20 heavy (non-hydrogen) atoms. The van der Waals surface area contributed by atoms with Crippen molar-refractivity contribution in [2.24, 2.45) is 5.92 Å². The Kier molecular flexibility index (Phi) is 4.45. The lowest BCUT2D eigenvalue weighted by atomic mass is 10.0. The van der Waals surface area contributed by atoms with E-state index in [0.29, 0.717) is 18.2 Å². The molecule has 1 atom stereocenters. The van der Waals surface area contributed by atoms with Crippen molar-refractivity contribution in [3.8, 4) is 0 Å². The van der Waals surface area contributed by atoms with Gasteiger partial charge in [-0.1, -0.05) is 13.8 Å². The molecule has 110 valence electrons. The standard InChI is InChI=1S/C14H21N3O2S/c1-9(2)7-12-16-13(20-17-12)15-8-14(4,18)11-6-5-10(3)19-11/h5-6,9,18H,7-8H2,1-4H3,(H,15,16,17). The van der Waals surface area contributed by atoms with E-state index in [1.807, 2.05) is 13.0 Å². The Hall–Kier alpha value is -1.40. The van der Waals surface area contributed by atoms with Crippen LogP contribution in [0, 0.1) is 12.8 Å². The van der Waals surface area contributed by atoms with E-state index in [-0.39, 0.29) is 0 Å². The summed E-state index contributed by atoms with van der Waals surface area (Å²) in [6.45, 7) is 8.18. The maximum absolute atomic E-state index is 10.4. The summed E-state index contributed by atoms with van der Waals surface area (Å²) in [4.78, 5) is 4.41. The molecule has 2 heterocycles. The van der Waals surface area contributed by atoms with Gasteiger partial charge in [-0.3, -0.25) is 0 Å². The number of hydrogen-bond acceptors (Lipinski definition) is 6. The molecule has 2 aromatic heterocycles. The van der Waals surface area contributed by atoms with Gasteiger partial charge in [0.25, 0.3) is 0 Å².